The van der Waals surface area contributed by atoms with Crippen molar-refractivity contribution in [3.63, 3.8) is 0 Å². The van der Waals surface area contributed by atoms with Crippen LogP contribution in [0.15, 0.2) is 23.1 Å². The maximum atomic E-state index is 12.5. The third kappa shape index (κ3) is 4.03. The van der Waals surface area contributed by atoms with E-state index in [0.717, 1.165) is 30.4 Å². The highest BCUT2D eigenvalue weighted by Crippen LogP contribution is 2.24. The Morgan fingerprint density at radius 3 is 2.71 bits per heavy atom. The molecular formula is C15H24N2O3S. The Kier molecular flexibility index (Phi) is 5.37. The van der Waals surface area contributed by atoms with Crippen LogP contribution in [0.3, 0.4) is 0 Å². The van der Waals surface area contributed by atoms with Gasteiger partial charge >= 0.3 is 0 Å². The van der Waals surface area contributed by atoms with Crippen LogP contribution < -0.4 is 10.0 Å². The molecule has 2 N–H and O–H groups in total. The van der Waals surface area contributed by atoms with Crippen LogP contribution in [0.1, 0.15) is 30.4 Å². The summed E-state index contributed by atoms with van der Waals surface area (Å²) < 4.78 is 33.0. The van der Waals surface area contributed by atoms with E-state index in [1.54, 1.807) is 19.2 Å². The van der Waals surface area contributed by atoms with Gasteiger partial charge < -0.3 is 10.1 Å². The van der Waals surface area contributed by atoms with Gasteiger partial charge in [-0.25, -0.2) is 13.1 Å². The molecule has 1 aromatic carbocycles. The molecule has 1 fully saturated rings. The lowest BCUT2D eigenvalue weighted by molar-refractivity contribution is 0.107. The molecule has 5 nitrogen and oxygen atoms in total. The van der Waals surface area contributed by atoms with Gasteiger partial charge in [0.05, 0.1) is 11.0 Å². The number of aryl methyl sites for hydroxylation is 1. The molecule has 0 spiro atoms. The van der Waals surface area contributed by atoms with Crippen LogP contribution in [0.4, 0.5) is 0 Å². The van der Waals surface area contributed by atoms with E-state index < -0.39 is 10.0 Å². The smallest absolute Gasteiger partial charge is 0.240 e. The minimum atomic E-state index is -3.47. The molecule has 2 unspecified atom stereocenters. The van der Waals surface area contributed by atoms with Crippen molar-refractivity contribution in [2.75, 3.05) is 14.2 Å². The first-order valence-electron chi connectivity index (χ1n) is 7.25. The van der Waals surface area contributed by atoms with Crippen LogP contribution >= 0.6 is 0 Å². The van der Waals surface area contributed by atoms with Gasteiger partial charge in [0.2, 0.25) is 10.0 Å². The third-order valence-electron chi connectivity index (χ3n) is 4.04. The molecule has 1 aliphatic carbocycles. The van der Waals surface area contributed by atoms with Crippen molar-refractivity contribution in [1.82, 2.24) is 10.0 Å². The summed E-state index contributed by atoms with van der Waals surface area (Å²) in [7, 11) is 0.0554. The molecule has 0 heterocycles. The lowest BCUT2D eigenvalue weighted by Gasteiger charge is -2.15. The molecule has 0 bridgehead atoms. The normalized spacial score (nSPS) is 22.6. The van der Waals surface area contributed by atoms with E-state index in [9.17, 15) is 8.42 Å². The molecule has 0 saturated heterocycles. The third-order valence-corrected chi connectivity index (χ3v) is 5.56. The Hall–Kier alpha value is -0.950. The zero-order valence-corrected chi connectivity index (χ0v) is 13.7. The van der Waals surface area contributed by atoms with E-state index in [1.165, 1.54) is 0 Å². The average Bonchev–Trinajstić information content (AvgIpc) is 2.88. The van der Waals surface area contributed by atoms with Crippen LogP contribution in [0, 0.1) is 6.92 Å². The van der Waals surface area contributed by atoms with Gasteiger partial charge in [-0.3, -0.25) is 0 Å². The summed E-state index contributed by atoms with van der Waals surface area (Å²) in [5.74, 6) is 0. The van der Waals surface area contributed by atoms with Crippen LogP contribution in [0.5, 0.6) is 0 Å². The number of hydrogen-bond donors (Lipinski definition) is 2. The summed E-state index contributed by atoms with van der Waals surface area (Å²) in [5.41, 5.74) is 2.09. The Balaban J connectivity index is 2.14. The van der Waals surface area contributed by atoms with E-state index in [1.807, 2.05) is 20.0 Å². The Labute approximate surface area is 127 Å². The Bertz CT molecular complexity index is 587. The topological polar surface area (TPSA) is 67.4 Å². The number of ether oxygens (including phenoxy) is 1. The molecule has 6 heteroatoms. The minimum absolute atomic E-state index is 0.0333. The molecule has 1 aliphatic rings. The van der Waals surface area contributed by atoms with E-state index in [-0.39, 0.29) is 12.1 Å². The van der Waals surface area contributed by atoms with Gasteiger partial charge in [0.15, 0.2) is 0 Å². The molecule has 1 saturated carbocycles. The first-order valence-corrected chi connectivity index (χ1v) is 8.74. The fourth-order valence-electron chi connectivity index (χ4n) is 2.74. The summed E-state index contributed by atoms with van der Waals surface area (Å²) in [4.78, 5) is 0.333. The second-order valence-electron chi connectivity index (χ2n) is 5.61. The quantitative estimate of drug-likeness (QED) is 0.836. The first kappa shape index (κ1) is 16.4. The molecule has 0 radical (unpaired) electrons. The van der Waals surface area contributed by atoms with Crippen LogP contribution in [-0.4, -0.2) is 34.7 Å². The zero-order chi connectivity index (χ0) is 15.5. The summed E-state index contributed by atoms with van der Waals surface area (Å²) in [6.07, 6.45) is 2.64. The van der Waals surface area contributed by atoms with Crippen molar-refractivity contribution in [1.29, 1.82) is 0 Å². The summed E-state index contributed by atoms with van der Waals surface area (Å²) in [5, 5.41) is 3.06. The molecule has 2 atom stereocenters. The lowest BCUT2D eigenvalue weighted by atomic mass is 10.1. The average molecular weight is 312 g/mol. The maximum absolute atomic E-state index is 12.5. The fraction of sp³-hybridized carbons (Fsp3) is 0.600. The number of sulfonamides is 1. The zero-order valence-electron chi connectivity index (χ0n) is 12.8. The molecule has 21 heavy (non-hydrogen) atoms. The maximum Gasteiger partial charge on any atom is 0.240 e. The number of benzene rings is 1. The van der Waals surface area contributed by atoms with Crippen molar-refractivity contribution in [2.45, 2.75) is 49.8 Å². The molecule has 0 aromatic heterocycles. The van der Waals surface area contributed by atoms with Crippen molar-refractivity contribution < 1.29 is 13.2 Å². The Morgan fingerprint density at radius 1 is 1.33 bits per heavy atom. The van der Waals surface area contributed by atoms with Crippen LogP contribution in [0.25, 0.3) is 0 Å². The van der Waals surface area contributed by atoms with E-state index in [0.29, 0.717) is 11.4 Å². The van der Waals surface area contributed by atoms with Gasteiger partial charge in [-0.05, 0) is 56.5 Å². The molecule has 0 amide bonds. The molecule has 118 valence electrons. The standard InChI is InChI=1S/C15H24N2O3S/c1-11-4-7-15(8-12(11)10-16-2)21(18,19)17-13-5-6-14(9-13)20-3/h4,7-8,13-14,16-17H,5-6,9-10H2,1-3H3. The SMILES string of the molecule is CNCc1cc(S(=O)(=O)NC2CCC(OC)C2)ccc1C. The van der Waals surface area contributed by atoms with Gasteiger partial charge in [0.25, 0.3) is 0 Å². The molecule has 0 aliphatic heterocycles. The van der Waals surface area contributed by atoms with Gasteiger partial charge in [0, 0.05) is 19.7 Å². The van der Waals surface area contributed by atoms with Crippen LogP contribution in [0.2, 0.25) is 0 Å². The summed E-state index contributed by atoms with van der Waals surface area (Å²) in [6, 6.07) is 5.23. The highest BCUT2D eigenvalue weighted by molar-refractivity contribution is 7.89. The number of hydrogen-bond acceptors (Lipinski definition) is 4. The highest BCUT2D eigenvalue weighted by atomic mass is 32.2. The second-order valence-corrected chi connectivity index (χ2v) is 7.32. The molecule has 1 aromatic rings. The van der Waals surface area contributed by atoms with E-state index in [2.05, 4.69) is 10.0 Å². The predicted molar refractivity (Wildman–Crippen MR) is 82.7 cm³/mol. The summed E-state index contributed by atoms with van der Waals surface area (Å²) >= 11 is 0. The van der Waals surface area contributed by atoms with Crippen LogP contribution in [-0.2, 0) is 21.3 Å². The summed E-state index contributed by atoms with van der Waals surface area (Å²) in [6.45, 7) is 2.64. The fourth-order valence-corrected chi connectivity index (χ4v) is 4.08. The highest BCUT2D eigenvalue weighted by Gasteiger charge is 2.28. The first-order chi connectivity index (χ1) is 9.96. The van der Waals surface area contributed by atoms with Gasteiger partial charge in [-0.15, -0.1) is 0 Å². The van der Waals surface area contributed by atoms with Gasteiger partial charge in [-0.1, -0.05) is 6.07 Å². The number of methoxy groups -OCH3 is 1. The Morgan fingerprint density at radius 2 is 2.10 bits per heavy atom. The van der Waals surface area contributed by atoms with Gasteiger partial charge in [-0.2, -0.15) is 0 Å². The van der Waals surface area contributed by atoms with Crippen molar-refractivity contribution in [3.8, 4) is 0 Å². The number of nitrogens with one attached hydrogen (secondary N) is 2. The minimum Gasteiger partial charge on any atom is -0.381 e. The lowest BCUT2D eigenvalue weighted by Crippen LogP contribution is -2.33. The molecular weight excluding hydrogens is 288 g/mol. The van der Waals surface area contributed by atoms with E-state index >= 15 is 0 Å². The second kappa shape index (κ2) is 6.87. The van der Waals surface area contributed by atoms with Crippen molar-refractivity contribution in [3.05, 3.63) is 29.3 Å². The predicted octanol–water partition coefficient (Wildman–Crippen LogP) is 1.56. The van der Waals surface area contributed by atoms with Crippen molar-refractivity contribution >= 4 is 10.0 Å². The van der Waals surface area contributed by atoms with Crippen molar-refractivity contribution in [2.24, 2.45) is 0 Å². The van der Waals surface area contributed by atoms with E-state index in [4.69, 9.17) is 4.74 Å². The monoisotopic (exact) mass is 312 g/mol. The largest absolute Gasteiger partial charge is 0.381 e. The molecule has 2 rings (SSSR count). The van der Waals surface area contributed by atoms with Gasteiger partial charge in [0.1, 0.15) is 0 Å². The number of rotatable bonds is 6.